The van der Waals surface area contributed by atoms with Crippen LogP contribution in [0.5, 0.6) is 5.75 Å². The molecule has 106 heavy (non-hydrogen) atoms. The van der Waals surface area contributed by atoms with E-state index in [2.05, 4.69) is 272 Å². The van der Waals surface area contributed by atoms with Crippen molar-refractivity contribution in [1.29, 1.82) is 0 Å². The van der Waals surface area contributed by atoms with Crippen LogP contribution in [0, 0.1) is 73.9 Å². The first kappa shape index (κ1) is 65.6. The maximum absolute atomic E-state index is 5.54. The molecule has 2 heteroatoms. The molecule has 0 unspecified atom stereocenters. The number of ether oxygens (including phenoxy) is 1. The predicted molar refractivity (Wildman–Crippen MR) is 443 cm³/mol. The quantitative estimate of drug-likeness (QED) is 0.133. The Morgan fingerprint density at radius 3 is 0.849 bits per heavy atom. The molecule has 0 saturated heterocycles. The molecular formula is C104H108OS. The van der Waals surface area contributed by atoms with Crippen LogP contribution in [0.4, 0.5) is 0 Å². The first-order chi connectivity index (χ1) is 50.9. The molecule has 9 aromatic carbocycles. The van der Waals surface area contributed by atoms with E-state index in [0.29, 0.717) is 23.7 Å². The zero-order valence-electron chi connectivity index (χ0n) is 65.8. The number of aryl methyl sites for hydroxylation is 1. The highest BCUT2D eigenvalue weighted by Crippen LogP contribution is 2.87. The Hall–Kier alpha value is -7.52. The lowest BCUT2D eigenvalue weighted by Crippen LogP contribution is -2.50. The molecule has 1 aromatic heterocycles. The summed E-state index contributed by atoms with van der Waals surface area (Å²) in [4.78, 5) is 2.65. The zero-order chi connectivity index (χ0) is 72.4. The van der Waals surface area contributed by atoms with E-state index < -0.39 is 0 Å². The van der Waals surface area contributed by atoms with E-state index in [4.69, 9.17) is 4.74 Å². The largest absolute Gasteiger partial charge is 0.497 e. The van der Waals surface area contributed by atoms with Gasteiger partial charge in [0.05, 0.1) is 7.11 Å². The van der Waals surface area contributed by atoms with E-state index in [1.165, 1.54) is 190 Å². The molecule has 4 spiro atoms. The van der Waals surface area contributed by atoms with Crippen molar-refractivity contribution in [3.05, 3.63) is 232 Å². The normalized spacial score (nSPS) is 33.9. The summed E-state index contributed by atoms with van der Waals surface area (Å²) in [5, 5.41) is 0. The van der Waals surface area contributed by atoms with Gasteiger partial charge in [0, 0.05) is 31.4 Å². The van der Waals surface area contributed by atoms with Crippen molar-refractivity contribution in [1.82, 2.24) is 0 Å². The maximum atomic E-state index is 5.54. The molecule has 0 N–H and O–H groups in total. The molecule has 8 fully saturated rings. The molecule has 1 heterocycles. The lowest BCUT2D eigenvalue weighted by Gasteiger charge is -2.52. The number of rotatable bonds is 10. The van der Waals surface area contributed by atoms with Crippen molar-refractivity contribution in [2.75, 3.05) is 7.11 Å². The lowest BCUT2D eigenvalue weighted by molar-refractivity contribution is 0.0913. The van der Waals surface area contributed by atoms with Gasteiger partial charge in [0.1, 0.15) is 5.75 Å². The standard InChI is InChI=1S/C104H108OS/c1-61(2)97-45-47-98(48-46-97,62(3)4)103(97)83-53-65(9)15-31-75(83)81-59-90-82(60-89(81)103)78-33-27-72(55-86(78)104(90)99(63(5)6)49-51-100(104,52-50-99)64(7)8)69-22-18-67(19-23-69)66-16-20-68(21-17-66)71-26-32-76-79-57-88-80(58-87(79)101(84(76)54-71)93(10)37-39-94(101,11)40-38-93)77-34-28-73(56-85(77)102(88)95(12)41-43-96(102,13)44-42-95)92-36-35-91(106-92)70-24-29-74(105-14)30-25-70/h15-36,53-64H,37-52H2,1-14H3. The second-order valence-electron chi connectivity index (χ2n) is 39.7. The van der Waals surface area contributed by atoms with Gasteiger partial charge in [-0.3, -0.25) is 0 Å². The van der Waals surface area contributed by atoms with Gasteiger partial charge in [0.2, 0.25) is 0 Å². The summed E-state index contributed by atoms with van der Waals surface area (Å²) in [6.07, 6.45) is 20.9. The molecule has 8 saturated carbocycles. The van der Waals surface area contributed by atoms with Crippen LogP contribution in [0.1, 0.15) is 236 Å². The Balaban J connectivity index is 0.622. The summed E-state index contributed by atoms with van der Waals surface area (Å²) < 4.78 is 5.54. The highest BCUT2D eigenvalue weighted by Gasteiger charge is 2.80. The SMILES string of the molecule is COc1ccc(-c2ccc(-c3ccc4c(c3)C3(c5cc6c(cc5-4)C4(c5cc(-c7ccc(-c8ccc(-c9ccc%10c(c9)C9(c%11cc%12c(cc%11-%10)C%10(c%11cc(C)ccc%11-%12)C%11(C(C)C)CCC%10(C(C)C)CC%11)C%10(C(C)C)CCC9(C(C)C)CC%10)cc8)cc7)ccc5-6)C5(C)CCC4(C)CC5)C4(C)CCC3(C)CC4)s2)cc1. The van der Waals surface area contributed by atoms with E-state index in [1.807, 2.05) is 11.3 Å². The number of hydrogen-bond donors (Lipinski definition) is 0. The van der Waals surface area contributed by atoms with Crippen LogP contribution < -0.4 is 4.74 Å². The molecule has 0 amide bonds. The smallest absolute Gasteiger partial charge is 0.118 e. The van der Waals surface area contributed by atoms with Crippen LogP contribution in [0.3, 0.4) is 0 Å². The van der Waals surface area contributed by atoms with Crippen molar-refractivity contribution in [2.45, 2.75) is 214 Å². The highest BCUT2D eigenvalue weighted by atomic mass is 32.1. The molecule has 8 bridgehead atoms. The highest BCUT2D eigenvalue weighted by molar-refractivity contribution is 7.18. The van der Waals surface area contributed by atoms with Crippen molar-refractivity contribution in [2.24, 2.45) is 67.0 Å². The first-order valence-electron chi connectivity index (χ1n) is 41.8. The van der Waals surface area contributed by atoms with Gasteiger partial charge in [-0.25, -0.2) is 0 Å². The minimum atomic E-state index is -0.0684. The minimum absolute atomic E-state index is 0.00685. The third kappa shape index (κ3) is 7.04. The fraction of sp³-hybridized carbons (Fsp3) is 0.442. The number of benzene rings is 9. The van der Waals surface area contributed by atoms with Crippen molar-refractivity contribution in [3.63, 3.8) is 0 Å². The maximum Gasteiger partial charge on any atom is 0.118 e. The molecular weight excluding hydrogens is 1300 g/mol. The van der Waals surface area contributed by atoms with Crippen LogP contribution in [0.2, 0.25) is 0 Å². The fourth-order valence-electron chi connectivity index (χ4n) is 31.2. The Labute approximate surface area is 636 Å². The summed E-state index contributed by atoms with van der Waals surface area (Å²) in [6.45, 7) is 34.0. The Bertz CT molecular complexity index is 5360. The number of hydrogen-bond acceptors (Lipinski definition) is 2. The summed E-state index contributed by atoms with van der Waals surface area (Å²) in [7, 11) is 1.75. The molecule has 0 atom stereocenters. The molecule has 0 aliphatic heterocycles. The third-order valence-corrected chi connectivity index (χ3v) is 37.2. The summed E-state index contributed by atoms with van der Waals surface area (Å²) in [5.74, 6) is 3.22. The van der Waals surface area contributed by atoms with Gasteiger partial charge in [-0.05, 0) is 389 Å². The lowest BCUT2D eigenvalue weighted by atomic mass is 9.50. The van der Waals surface area contributed by atoms with Gasteiger partial charge in [-0.2, -0.15) is 0 Å². The second-order valence-corrected chi connectivity index (χ2v) is 40.8. The van der Waals surface area contributed by atoms with Crippen molar-refractivity contribution >= 4 is 11.3 Å². The van der Waals surface area contributed by atoms with Gasteiger partial charge < -0.3 is 4.74 Å². The van der Waals surface area contributed by atoms with E-state index >= 15 is 0 Å². The number of fused-ring (bicyclic) bond motifs is 12. The zero-order valence-corrected chi connectivity index (χ0v) is 66.6. The van der Waals surface area contributed by atoms with E-state index in [0.717, 1.165) is 5.75 Å². The molecule has 0 radical (unpaired) electrons. The van der Waals surface area contributed by atoms with Crippen LogP contribution >= 0.6 is 11.3 Å². The van der Waals surface area contributed by atoms with E-state index in [1.54, 1.807) is 68.3 Å². The Kier molecular flexibility index (Phi) is 12.9. The van der Waals surface area contributed by atoms with Gasteiger partial charge in [-0.1, -0.05) is 192 Å². The van der Waals surface area contributed by atoms with Gasteiger partial charge in [-0.15, -0.1) is 11.3 Å². The average molecular weight is 1410 g/mol. The van der Waals surface area contributed by atoms with E-state index in [-0.39, 0.29) is 65.0 Å². The first-order valence-corrected chi connectivity index (χ1v) is 42.7. The van der Waals surface area contributed by atoms with Crippen molar-refractivity contribution in [3.8, 4) is 105 Å². The molecule has 536 valence electrons. The van der Waals surface area contributed by atoms with Gasteiger partial charge >= 0.3 is 0 Å². The van der Waals surface area contributed by atoms with E-state index in [9.17, 15) is 0 Å². The molecule has 10 aromatic rings. The van der Waals surface area contributed by atoms with Gasteiger partial charge in [0.25, 0.3) is 0 Å². The molecule has 12 aliphatic rings. The second kappa shape index (κ2) is 20.9. The molecule has 1 nitrogen and oxygen atoms in total. The van der Waals surface area contributed by atoms with Crippen LogP contribution in [0.15, 0.2) is 182 Å². The average Bonchev–Trinajstić information content (AvgIpc) is 1.46. The minimum Gasteiger partial charge on any atom is -0.497 e. The summed E-state index contributed by atoms with van der Waals surface area (Å²) in [5.41, 5.74) is 38.9. The van der Waals surface area contributed by atoms with Crippen molar-refractivity contribution < 1.29 is 4.74 Å². The Morgan fingerprint density at radius 1 is 0.255 bits per heavy atom. The summed E-state index contributed by atoms with van der Waals surface area (Å²) in [6, 6.07) is 75.4. The van der Waals surface area contributed by atoms with Crippen LogP contribution in [0.25, 0.3) is 98.8 Å². The fourth-order valence-corrected chi connectivity index (χ4v) is 32.2. The monoisotopic (exact) mass is 1400 g/mol. The number of thiophene rings is 1. The molecule has 12 aliphatic carbocycles. The molecule has 22 rings (SSSR count). The van der Waals surface area contributed by atoms with Crippen LogP contribution in [-0.4, -0.2) is 7.11 Å². The van der Waals surface area contributed by atoms with Crippen LogP contribution in [-0.2, 0) is 21.7 Å². The predicted octanol–water partition coefficient (Wildman–Crippen LogP) is 28.4. The third-order valence-electron chi connectivity index (χ3n) is 36.0. The Morgan fingerprint density at radius 2 is 0.509 bits per heavy atom. The topological polar surface area (TPSA) is 9.23 Å². The summed E-state index contributed by atoms with van der Waals surface area (Å²) >= 11 is 1.93. The van der Waals surface area contributed by atoms with Gasteiger partial charge in [0.15, 0.2) is 0 Å². The number of methoxy groups -OCH3 is 1.